The zero-order chi connectivity index (χ0) is 19.2. The van der Waals surface area contributed by atoms with E-state index < -0.39 is 11.2 Å². The highest BCUT2D eigenvalue weighted by Gasteiger charge is 2.25. The molecule has 0 saturated carbocycles. The summed E-state index contributed by atoms with van der Waals surface area (Å²) in [4.78, 5) is 25.4. The summed E-state index contributed by atoms with van der Waals surface area (Å²) in [6.07, 6.45) is 0. The van der Waals surface area contributed by atoms with Crippen molar-refractivity contribution in [2.24, 2.45) is 0 Å². The first-order chi connectivity index (χ1) is 13.0. The van der Waals surface area contributed by atoms with Gasteiger partial charge in [0, 0.05) is 21.7 Å². The van der Waals surface area contributed by atoms with Gasteiger partial charge in [-0.25, -0.2) is 0 Å². The van der Waals surface area contributed by atoms with Crippen LogP contribution in [0.25, 0.3) is 0 Å². The molecule has 0 heterocycles. The number of carbonyl (C=O) groups is 2. The Morgan fingerprint density at radius 3 is 2.19 bits per heavy atom. The zero-order valence-corrected chi connectivity index (χ0v) is 15.6. The first-order valence-electron chi connectivity index (χ1n) is 8.46. The van der Waals surface area contributed by atoms with Crippen LogP contribution in [0.5, 0.6) is 0 Å². The molecule has 3 aromatic rings. The lowest BCUT2D eigenvalue weighted by Gasteiger charge is -2.18. The molecule has 0 saturated heterocycles. The van der Waals surface area contributed by atoms with Crippen LogP contribution < -0.4 is 5.32 Å². The highest BCUT2D eigenvalue weighted by Crippen LogP contribution is 2.39. The summed E-state index contributed by atoms with van der Waals surface area (Å²) in [5.41, 5.74) is 2.53. The van der Waals surface area contributed by atoms with Crippen molar-refractivity contribution in [3.05, 3.63) is 95.6 Å². The number of rotatable bonds is 6. The number of hydrogen-bond acceptors (Lipinski definition) is 3. The number of anilines is 1. The van der Waals surface area contributed by atoms with Crippen molar-refractivity contribution in [3.8, 4) is 0 Å². The van der Waals surface area contributed by atoms with Gasteiger partial charge in [0.1, 0.15) is 5.25 Å². The van der Waals surface area contributed by atoms with Crippen LogP contribution in [0.4, 0.5) is 5.69 Å². The maximum absolute atomic E-state index is 12.5. The Bertz CT molecular complexity index is 942. The molecule has 2 N–H and O–H groups in total. The molecule has 0 fully saturated rings. The Hall–Kier alpha value is -3.05. The Balaban J connectivity index is 1.94. The summed E-state index contributed by atoms with van der Waals surface area (Å²) in [6, 6.07) is 23.7. The smallest absolute Gasteiger partial charge is 0.321 e. The van der Waals surface area contributed by atoms with E-state index in [1.54, 1.807) is 30.3 Å². The van der Waals surface area contributed by atoms with E-state index in [4.69, 9.17) is 0 Å². The SMILES string of the molecule is Cc1ccc(NC(=O)c2ccccc2)c(C(Sc2ccccc2)C(=O)O)c1. The largest absolute Gasteiger partial charge is 0.480 e. The van der Waals surface area contributed by atoms with Crippen molar-refractivity contribution in [2.45, 2.75) is 17.1 Å². The van der Waals surface area contributed by atoms with Crippen molar-refractivity contribution in [1.29, 1.82) is 0 Å². The lowest BCUT2D eigenvalue weighted by molar-refractivity contribution is -0.136. The summed E-state index contributed by atoms with van der Waals surface area (Å²) in [7, 11) is 0. The van der Waals surface area contributed by atoms with Crippen LogP contribution in [0.2, 0.25) is 0 Å². The molecule has 3 rings (SSSR count). The second kappa shape index (κ2) is 8.56. The number of hydrogen-bond donors (Lipinski definition) is 2. The van der Waals surface area contributed by atoms with E-state index in [0.29, 0.717) is 16.8 Å². The molecule has 1 atom stereocenters. The van der Waals surface area contributed by atoms with Crippen LogP contribution in [0.1, 0.15) is 26.7 Å². The van der Waals surface area contributed by atoms with E-state index in [9.17, 15) is 14.7 Å². The molecule has 0 bridgehead atoms. The highest BCUT2D eigenvalue weighted by atomic mass is 32.2. The third kappa shape index (κ3) is 4.77. The third-order valence-corrected chi connectivity index (χ3v) is 5.23. The molecule has 136 valence electrons. The van der Waals surface area contributed by atoms with Crippen molar-refractivity contribution >= 4 is 29.3 Å². The average Bonchev–Trinajstić information content (AvgIpc) is 2.69. The zero-order valence-electron chi connectivity index (χ0n) is 14.8. The fourth-order valence-corrected chi connectivity index (χ4v) is 3.69. The molecule has 1 amide bonds. The molecule has 1 unspecified atom stereocenters. The number of aliphatic carboxylic acids is 1. The van der Waals surface area contributed by atoms with Gasteiger partial charge < -0.3 is 10.4 Å². The fourth-order valence-electron chi connectivity index (χ4n) is 2.68. The van der Waals surface area contributed by atoms with Crippen LogP contribution in [0.15, 0.2) is 83.8 Å². The molecule has 27 heavy (non-hydrogen) atoms. The molecule has 0 radical (unpaired) electrons. The Kier molecular flexibility index (Phi) is 5.94. The van der Waals surface area contributed by atoms with Gasteiger partial charge in [-0.3, -0.25) is 9.59 Å². The monoisotopic (exact) mass is 377 g/mol. The van der Waals surface area contributed by atoms with E-state index in [0.717, 1.165) is 10.5 Å². The summed E-state index contributed by atoms with van der Waals surface area (Å²) < 4.78 is 0. The molecule has 0 spiro atoms. The minimum absolute atomic E-state index is 0.269. The quantitative estimate of drug-likeness (QED) is 0.582. The fraction of sp³-hybridized carbons (Fsp3) is 0.0909. The Labute approximate surface area is 162 Å². The van der Waals surface area contributed by atoms with E-state index in [1.165, 1.54) is 11.8 Å². The number of benzene rings is 3. The number of nitrogens with one attached hydrogen (secondary N) is 1. The number of carboxylic acids is 1. The molecular formula is C22H19NO3S. The summed E-state index contributed by atoms with van der Waals surface area (Å²) >= 11 is 1.24. The Morgan fingerprint density at radius 2 is 1.56 bits per heavy atom. The average molecular weight is 377 g/mol. The topological polar surface area (TPSA) is 66.4 Å². The van der Waals surface area contributed by atoms with Gasteiger partial charge in [-0.15, -0.1) is 11.8 Å². The van der Waals surface area contributed by atoms with Crippen molar-refractivity contribution in [2.75, 3.05) is 5.32 Å². The molecule has 0 aliphatic rings. The molecule has 0 aliphatic heterocycles. The van der Waals surface area contributed by atoms with Gasteiger partial charge >= 0.3 is 5.97 Å². The maximum Gasteiger partial charge on any atom is 0.321 e. The molecule has 3 aromatic carbocycles. The van der Waals surface area contributed by atoms with Gasteiger partial charge in [0.05, 0.1) is 0 Å². The first kappa shape index (κ1) is 18.7. The van der Waals surface area contributed by atoms with E-state index in [2.05, 4.69) is 5.32 Å². The lowest BCUT2D eigenvalue weighted by Crippen LogP contribution is -2.16. The molecule has 4 nitrogen and oxygen atoms in total. The highest BCUT2D eigenvalue weighted by molar-refractivity contribution is 8.00. The Morgan fingerprint density at radius 1 is 0.926 bits per heavy atom. The van der Waals surface area contributed by atoms with Crippen LogP contribution in [0.3, 0.4) is 0 Å². The number of carbonyl (C=O) groups excluding carboxylic acids is 1. The molecule has 0 aromatic heterocycles. The van der Waals surface area contributed by atoms with Crippen LogP contribution in [-0.4, -0.2) is 17.0 Å². The minimum Gasteiger partial charge on any atom is -0.480 e. The molecule has 5 heteroatoms. The van der Waals surface area contributed by atoms with Crippen molar-refractivity contribution in [1.82, 2.24) is 0 Å². The number of amides is 1. The number of aryl methyl sites for hydroxylation is 1. The van der Waals surface area contributed by atoms with Gasteiger partial charge in [-0.2, -0.15) is 0 Å². The predicted molar refractivity (Wildman–Crippen MR) is 108 cm³/mol. The van der Waals surface area contributed by atoms with Gasteiger partial charge in [-0.1, -0.05) is 54.1 Å². The van der Waals surface area contributed by atoms with Crippen LogP contribution in [-0.2, 0) is 4.79 Å². The van der Waals surface area contributed by atoms with Gasteiger partial charge in [-0.05, 0) is 37.3 Å². The number of thioether (sulfide) groups is 1. The standard InChI is InChI=1S/C22H19NO3S/c1-15-12-13-19(23-21(24)16-8-4-2-5-9-16)18(14-15)20(22(25)26)27-17-10-6-3-7-11-17/h2-14,20H,1H3,(H,23,24)(H,25,26). The van der Waals surface area contributed by atoms with E-state index in [-0.39, 0.29) is 5.91 Å². The first-order valence-corrected chi connectivity index (χ1v) is 9.34. The van der Waals surface area contributed by atoms with Gasteiger partial charge in [0.2, 0.25) is 0 Å². The normalized spacial score (nSPS) is 11.6. The van der Waals surface area contributed by atoms with E-state index in [1.807, 2.05) is 55.5 Å². The number of carboxylic acid groups (broad SMARTS) is 1. The van der Waals surface area contributed by atoms with E-state index >= 15 is 0 Å². The van der Waals surface area contributed by atoms with Crippen molar-refractivity contribution < 1.29 is 14.7 Å². The van der Waals surface area contributed by atoms with Crippen LogP contribution >= 0.6 is 11.8 Å². The predicted octanol–water partition coefficient (Wildman–Crippen LogP) is 5.17. The summed E-state index contributed by atoms with van der Waals surface area (Å²) in [5.74, 6) is -1.22. The minimum atomic E-state index is -0.954. The maximum atomic E-state index is 12.5. The second-order valence-electron chi connectivity index (χ2n) is 6.06. The molecular weight excluding hydrogens is 358 g/mol. The van der Waals surface area contributed by atoms with Gasteiger partial charge in [0.15, 0.2) is 0 Å². The van der Waals surface area contributed by atoms with Gasteiger partial charge in [0.25, 0.3) is 5.91 Å². The summed E-state index contributed by atoms with van der Waals surface area (Å²) in [5, 5.41) is 11.8. The van der Waals surface area contributed by atoms with Crippen LogP contribution in [0, 0.1) is 6.92 Å². The van der Waals surface area contributed by atoms with Crippen molar-refractivity contribution in [3.63, 3.8) is 0 Å². The lowest BCUT2D eigenvalue weighted by atomic mass is 10.1. The second-order valence-corrected chi connectivity index (χ2v) is 7.24. The molecule has 0 aliphatic carbocycles. The summed E-state index contributed by atoms with van der Waals surface area (Å²) in [6.45, 7) is 1.90. The third-order valence-electron chi connectivity index (χ3n) is 4.00.